The summed E-state index contributed by atoms with van der Waals surface area (Å²) in [6.07, 6.45) is 1.86. The van der Waals surface area contributed by atoms with Crippen LogP contribution in [0.5, 0.6) is 5.75 Å². The minimum atomic E-state index is 0.178. The Balaban J connectivity index is 1.58. The van der Waals surface area contributed by atoms with Gasteiger partial charge in [-0.05, 0) is 25.0 Å². The molecule has 1 aromatic heterocycles. The van der Waals surface area contributed by atoms with E-state index in [-0.39, 0.29) is 5.92 Å². The molecule has 1 saturated heterocycles. The Morgan fingerprint density at radius 1 is 1.24 bits per heavy atom. The van der Waals surface area contributed by atoms with Gasteiger partial charge in [0.05, 0.1) is 24.7 Å². The van der Waals surface area contributed by atoms with Crippen LogP contribution in [0.1, 0.15) is 32.5 Å². The van der Waals surface area contributed by atoms with Crippen LogP contribution in [0, 0.1) is 5.92 Å². The zero-order chi connectivity index (χ0) is 17.8. The number of fused-ring (bicyclic) bond motifs is 1. The van der Waals surface area contributed by atoms with Gasteiger partial charge < -0.3 is 14.6 Å². The molecule has 0 aliphatic carbocycles. The van der Waals surface area contributed by atoms with Gasteiger partial charge in [0, 0.05) is 38.2 Å². The summed E-state index contributed by atoms with van der Waals surface area (Å²) in [5.41, 5.74) is 1.95. The molecule has 2 heterocycles. The van der Waals surface area contributed by atoms with E-state index in [0.29, 0.717) is 5.91 Å². The van der Waals surface area contributed by atoms with Crippen molar-refractivity contribution in [3.63, 3.8) is 0 Å². The van der Waals surface area contributed by atoms with Crippen molar-refractivity contribution >= 4 is 16.9 Å². The van der Waals surface area contributed by atoms with Crippen LogP contribution >= 0.6 is 0 Å². The minimum Gasteiger partial charge on any atom is -0.497 e. The zero-order valence-electron chi connectivity index (χ0n) is 15.4. The summed E-state index contributed by atoms with van der Waals surface area (Å²) in [5.74, 6) is 2.29. The summed E-state index contributed by atoms with van der Waals surface area (Å²) in [4.78, 5) is 24.9. The summed E-state index contributed by atoms with van der Waals surface area (Å²) in [7, 11) is 1.67. The Morgan fingerprint density at radius 3 is 2.60 bits per heavy atom. The van der Waals surface area contributed by atoms with Gasteiger partial charge in [-0.2, -0.15) is 0 Å². The largest absolute Gasteiger partial charge is 0.497 e. The van der Waals surface area contributed by atoms with Crippen molar-refractivity contribution < 1.29 is 9.53 Å². The molecule has 0 saturated carbocycles. The van der Waals surface area contributed by atoms with E-state index >= 15 is 0 Å². The summed E-state index contributed by atoms with van der Waals surface area (Å²) in [5, 5.41) is 0. The summed E-state index contributed by atoms with van der Waals surface area (Å²) in [6, 6.07) is 5.87. The second-order valence-electron chi connectivity index (χ2n) is 6.68. The van der Waals surface area contributed by atoms with Crippen LogP contribution in [0.15, 0.2) is 18.2 Å². The fraction of sp³-hybridized carbons (Fsp3) is 0.579. The maximum absolute atomic E-state index is 12.5. The van der Waals surface area contributed by atoms with Crippen LogP contribution in [-0.4, -0.2) is 59.0 Å². The number of nitrogens with one attached hydrogen (secondary N) is 1. The molecule has 136 valence electrons. The van der Waals surface area contributed by atoms with Crippen molar-refractivity contribution in [3.8, 4) is 5.75 Å². The first-order valence-corrected chi connectivity index (χ1v) is 9.18. The number of ether oxygens (including phenoxy) is 1. The molecule has 1 aromatic carbocycles. The standard InChI is InChI=1S/C19H28N4O2/c1-4-14(5-2)19(24)23-10-8-22(9-11-23)13-18-20-16-7-6-15(25-3)12-17(16)21-18/h6-7,12,14H,4-5,8-11,13H2,1-3H3,(H,20,21). The monoisotopic (exact) mass is 344 g/mol. The third kappa shape index (κ3) is 3.95. The van der Waals surface area contributed by atoms with Gasteiger partial charge in [-0.1, -0.05) is 13.8 Å². The van der Waals surface area contributed by atoms with Crippen LogP contribution in [0.4, 0.5) is 0 Å². The van der Waals surface area contributed by atoms with Crippen LogP contribution in [0.2, 0.25) is 0 Å². The molecule has 0 atom stereocenters. The Morgan fingerprint density at radius 2 is 1.96 bits per heavy atom. The number of amides is 1. The van der Waals surface area contributed by atoms with Crippen molar-refractivity contribution in [1.82, 2.24) is 19.8 Å². The van der Waals surface area contributed by atoms with Crippen LogP contribution in [0.3, 0.4) is 0 Å². The number of imidazole rings is 1. The molecular weight excluding hydrogens is 316 g/mol. The van der Waals surface area contributed by atoms with E-state index < -0.39 is 0 Å². The van der Waals surface area contributed by atoms with Crippen LogP contribution in [0.25, 0.3) is 11.0 Å². The minimum absolute atomic E-state index is 0.178. The first-order valence-electron chi connectivity index (χ1n) is 9.18. The summed E-state index contributed by atoms with van der Waals surface area (Å²) < 4.78 is 5.26. The summed E-state index contributed by atoms with van der Waals surface area (Å²) in [6.45, 7) is 8.38. The topological polar surface area (TPSA) is 61.5 Å². The van der Waals surface area contributed by atoms with Crippen molar-refractivity contribution in [3.05, 3.63) is 24.0 Å². The molecule has 0 radical (unpaired) electrons. The second kappa shape index (κ2) is 7.87. The predicted octanol–water partition coefficient (Wildman–Crippen LogP) is 2.65. The molecule has 1 fully saturated rings. The molecule has 25 heavy (non-hydrogen) atoms. The first kappa shape index (κ1) is 17.7. The van der Waals surface area contributed by atoms with E-state index in [9.17, 15) is 4.79 Å². The predicted molar refractivity (Wildman–Crippen MR) is 98.6 cm³/mol. The van der Waals surface area contributed by atoms with Gasteiger partial charge in [-0.3, -0.25) is 9.69 Å². The number of hydrogen-bond donors (Lipinski definition) is 1. The lowest BCUT2D eigenvalue weighted by molar-refractivity contribution is -0.137. The number of H-pyrrole nitrogens is 1. The normalized spacial score (nSPS) is 15.9. The Hall–Kier alpha value is -2.08. The smallest absolute Gasteiger partial charge is 0.225 e. The SMILES string of the molecule is CCC(CC)C(=O)N1CCN(Cc2nc3ccc(OC)cc3[nH]2)CC1. The van der Waals surface area contributed by atoms with Gasteiger partial charge in [0.15, 0.2) is 0 Å². The van der Waals surface area contributed by atoms with Crippen LogP contribution in [-0.2, 0) is 11.3 Å². The average molecular weight is 344 g/mol. The number of benzene rings is 1. The van der Waals surface area contributed by atoms with Crippen LogP contribution < -0.4 is 4.74 Å². The molecule has 6 heteroatoms. The van der Waals surface area contributed by atoms with Gasteiger partial charge >= 0.3 is 0 Å². The number of rotatable bonds is 6. The molecule has 0 unspecified atom stereocenters. The Labute approximate surface area is 149 Å². The molecule has 6 nitrogen and oxygen atoms in total. The number of methoxy groups -OCH3 is 1. The van der Waals surface area contributed by atoms with Gasteiger partial charge in [0.2, 0.25) is 5.91 Å². The third-order valence-corrected chi connectivity index (χ3v) is 5.13. The molecule has 0 spiro atoms. The second-order valence-corrected chi connectivity index (χ2v) is 6.68. The lowest BCUT2D eigenvalue weighted by Gasteiger charge is -2.35. The van der Waals surface area contributed by atoms with Gasteiger partial charge in [-0.25, -0.2) is 4.98 Å². The Kier molecular flexibility index (Phi) is 5.58. The molecule has 1 aliphatic rings. The van der Waals surface area contributed by atoms with E-state index in [4.69, 9.17) is 4.74 Å². The number of hydrogen-bond acceptors (Lipinski definition) is 4. The average Bonchev–Trinajstić information content (AvgIpc) is 3.04. The molecule has 2 aromatic rings. The highest BCUT2D eigenvalue weighted by molar-refractivity contribution is 5.79. The Bertz CT molecular complexity index is 715. The molecule has 1 amide bonds. The quantitative estimate of drug-likeness (QED) is 0.875. The van der Waals surface area contributed by atoms with Gasteiger partial charge in [0.1, 0.15) is 11.6 Å². The maximum Gasteiger partial charge on any atom is 0.225 e. The van der Waals surface area contributed by atoms with E-state index in [1.165, 1.54) is 0 Å². The zero-order valence-corrected chi connectivity index (χ0v) is 15.4. The maximum atomic E-state index is 12.5. The number of carbonyl (C=O) groups excluding carboxylic acids is 1. The molecule has 0 bridgehead atoms. The number of nitrogens with zero attached hydrogens (tertiary/aromatic N) is 3. The number of aromatic amines is 1. The van der Waals surface area contributed by atoms with Crippen molar-refractivity contribution in [2.45, 2.75) is 33.2 Å². The number of aromatic nitrogens is 2. The van der Waals surface area contributed by atoms with E-state index in [1.807, 2.05) is 23.1 Å². The molecule has 1 N–H and O–H groups in total. The van der Waals surface area contributed by atoms with Crippen molar-refractivity contribution in [2.24, 2.45) is 5.92 Å². The van der Waals surface area contributed by atoms with Crippen molar-refractivity contribution in [2.75, 3.05) is 33.3 Å². The molecule has 3 rings (SSSR count). The fourth-order valence-electron chi connectivity index (χ4n) is 3.48. The van der Waals surface area contributed by atoms with Gasteiger partial charge in [-0.15, -0.1) is 0 Å². The molecular formula is C19H28N4O2. The highest BCUT2D eigenvalue weighted by atomic mass is 16.5. The highest BCUT2D eigenvalue weighted by Crippen LogP contribution is 2.20. The van der Waals surface area contributed by atoms with E-state index in [2.05, 4.69) is 28.7 Å². The highest BCUT2D eigenvalue weighted by Gasteiger charge is 2.25. The lowest BCUT2D eigenvalue weighted by atomic mass is 10.0. The van der Waals surface area contributed by atoms with Gasteiger partial charge in [0.25, 0.3) is 0 Å². The van der Waals surface area contributed by atoms with E-state index in [1.54, 1.807) is 7.11 Å². The third-order valence-electron chi connectivity index (χ3n) is 5.13. The number of carbonyl (C=O) groups is 1. The van der Waals surface area contributed by atoms with Crippen molar-refractivity contribution in [1.29, 1.82) is 0 Å². The number of piperazine rings is 1. The van der Waals surface area contributed by atoms with E-state index in [0.717, 1.165) is 68.2 Å². The summed E-state index contributed by atoms with van der Waals surface area (Å²) >= 11 is 0. The first-order chi connectivity index (χ1) is 12.1. The lowest BCUT2D eigenvalue weighted by Crippen LogP contribution is -2.50. The molecule has 1 aliphatic heterocycles. The fourth-order valence-corrected chi connectivity index (χ4v) is 3.48.